The first kappa shape index (κ1) is 16.1. The Balaban J connectivity index is 2.02. The van der Waals surface area contributed by atoms with Crippen LogP contribution in [0.5, 0.6) is 0 Å². The zero-order valence-electron chi connectivity index (χ0n) is 11.7. The first-order valence-corrected chi connectivity index (χ1v) is 7.65. The van der Waals surface area contributed by atoms with Crippen LogP contribution in [0.1, 0.15) is 31.2 Å². The molecule has 2 rings (SSSR count). The fraction of sp³-hybridized carbons (Fsp3) is 0.467. The quantitative estimate of drug-likeness (QED) is 0.869. The molecule has 1 amide bonds. The second-order valence-electron chi connectivity index (χ2n) is 5.15. The highest BCUT2D eigenvalue weighted by atomic mass is 35.5. The predicted octanol–water partition coefficient (Wildman–Crippen LogP) is 3.42. The largest absolute Gasteiger partial charge is 0.481 e. The van der Waals surface area contributed by atoms with Crippen molar-refractivity contribution in [3.63, 3.8) is 0 Å². The maximum atomic E-state index is 12.4. The average molecular weight is 330 g/mol. The van der Waals surface area contributed by atoms with Crippen LogP contribution in [-0.4, -0.2) is 35.0 Å². The van der Waals surface area contributed by atoms with Crippen molar-refractivity contribution in [2.75, 3.05) is 13.1 Å². The van der Waals surface area contributed by atoms with E-state index in [9.17, 15) is 9.59 Å². The van der Waals surface area contributed by atoms with Crippen molar-refractivity contribution in [1.29, 1.82) is 0 Å². The monoisotopic (exact) mass is 329 g/mol. The van der Waals surface area contributed by atoms with Crippen molar-refractivity contribution < 1.29 is 14.7 Å². The van der Waals surface area contributed by atoms with Gasteiger partial charge in [0, 0.05) is 19.0 Å². The molecule has 0 aromatic heterocycles. The summed E-state index contributed by atoms with van der Waals surface area (Å²) in [4.78, 5) is 24.6. The van der Waals surface area contributed by atoms with Crippen molar-refractivity contribution >= 4 is 35.1 Å². The van der Waals surface area contributed by atoms with Gasteiger partial charge in [-0.1, -0.05) is 35.3 Å². The Kier molecular flexibility index (Phi) is 5.12. The Morgan fingerprint density at radius 3 is 2.71 bits per heavy atom. The minimum absolute atomic E-state index is 0.000192. The molecule has 2 atom stereocenters. The SMILES string of the molecule is CCN(CCC(=O)O)C(=O)C1CC1c1cccc(Cl)c1Cl. The lowest BCUT2D eigenvalue weighted by atomic mass is 10.1. The minimum Gasteiger partial charge on any atom is -0.481 e. The van der Waals surface area contributed by atoms with Crippen LogP contribution in [0, 0.1) is 5.92 Å². The molecule has 0 spiro atoms. The molecule has 114 valence electrons. The molecule has 4 nitrogen and oxygen atoms in total. The number of benzene rings is 1. The van der Waals surface area contributed by atoms with Crippen LogP contribution in [0.4, 0.5) is 0 Å². The van der Waals surface area contributed by atoms with Gasteiger partial charge in [0.1, 0.15) is 0 Å². The fourth-order valence-electron chi connectivity index (χ4n) is 2.51. The molecular weight excluding hydrogens is 313 g/mol. The molecule has 0 saturated heterocycles. The number of nitrogens with zero attached hydrogens (tertiary/aromatic N) is 1. The lowest BCUT2D eigenvalue weighted by Gasteiger charge is -2.20. The Morgan fingerprint density at radius 1 is 1.38 bits per heavy atom. The minimum atomic E-state index is -0.897. The smallest absolute Gasteiger partial charge is 0.305 e. The highest BCUT2D eigenvalue weighted by Crippen LogP contribution is 2.51. The summed E-state index contributed by atoms with van der Waals surface area (Å²) >= 11 is 12.2. The zero-order valence-corrected chi connectivity index (χ0v) is 13.2. The number of aliphatic carboxylic acids is 1. The number of hydrogen-bond acceptors (Lipinski definition) is 2. The van der Waals surface area contributed by atoms with Gasteiger partial charge in [-0.2, -0.15) is 0 Å². The number of carbonyl (C=O) groups excluding carboxylic acids is 1. The van der Waals surface area contributed by atoms with E-state index < -0.39 is 5.97 Å². The highest BCUT2D eigenvalue weighted by molar-refractivity contribution is 6.42. The molecule has 1 aliphatic carbocycles. The van der Waals surface area contributed by atoms with Gasteiger partial charge in [0.15, 0.2) is 0 Å². The van der Waals surface area contributed by atoms with Crippen LogP contribution in [-0.2, 0) is 9.59 Å². The third kappa shape index (κ3) is 3.69. The summed E-state index contributed by atoms with van der Waals surface area (Å²) in [5.41, 5.74) is 0.900. The van der Waals surface area contributed by atoms with E-state index in [-0.39, 0.29) is 30.7 Å². The molecule has 0 bridgehead atoms. The van der Waals surface area contributed by atoms with Crippen molar-refractivity contribution in [2.45, 2.75) is 25.7 Å². The fourth-order valence-corrected chi connectivity index (χ4v) is 2.96. The maximum Gasteiger partial charge on any atom is 0.305 e. The highest BCUT2D eigenvalue weighted by Gasteiger charge is 2.46. The number of carbonyl (C=O) groups is 2. The molecule has 0 heterocycles. The van der Waals surface area contributed by atoms with Crippen molar-refractivity contribution in [3.05, 3.63) is 33.8 Å². The molecule has 1 saturated carbocycles. The number of amides is 1. The van der Waals surface area contributed by atoms with Gasteiger partial charge in [-0.15, -0.1) is 0 Å². The molecule has 21 heavy (non-hydrogen) atoms. The normalized spacial score (nSPS) is 20.1. The van der Waals surface area contributed by atoms with E-state index in [1.165, 1.54) is 0 Å². The van der Waals surface area contributed by atoms with Gasteiger partial charge in [-0.25, -0.2) is 0 Å². The standard InChI is InChI=1S/C15H17Cl2NO3/c1-2-18(7-6-13(19)20)15(21)11-8-10(11)9-4-3-5-12(16)14(9)17/h3-5,10-11H,2,6-8H2,1H3,(H,19,20). The molecule has 1 aromatic rings. The first-order chi connectivity index (χ1) is 9.95. The van der Waals surface area contributed by atoms with Crippen molar-refractivity contribution in [3.8, 4) is 0 Å². The van der Waals surface area contributed by atoms with Crippen LogP contribution < -0.4 is 0 Å². The van der Waals surface area contributed by atoms with E-state index in [0.717, 1.165) is 12.0 Å². The number of rotatable bonds is 6. The molecule has 1 aromatic carbocycles. The Labute approximate surface area is 133 Å². The van der Waals surface area contributed by atoms with E-state index in [1.54, 1.807) is 11.0 Å². The summed E-state index contributed by atoms with van der Waals surface area (Å²) in [6, 6.07) is 5.43. The van der Waals surface area contributed by atoms with Crippen LogP contribution in [0.25, 0.3) is 0 Å². The molecule has 1 aliphatic rings. The van der Waals surface area contributed by atoms with Gasteiger partial charge < -0.3 is 10.0 Å². The van der Waals surface area contributed by atoms with E-state index in [2.05, 4.69) is 0 Å². The van der Waals surface area contributed by atoms with Gasteiger partial charge in [0.2, 0.25) is 5.91 Å². The van der Waals surface area contributed by atoms with Crippen LogP contribution in [0.2, 0.25) is 10.0 Å². The summed E-state index contributed by atoms with van der Waals surface area (Å²) in [5, 5.41) is 9.72. The van der Waals surface area contributed by atoms with Gasteiger partial charge in [0.25, 0.3) is 0 Å². The first-order valence-electron chi connectivity index (χ1n) is 6.90. The average Bonchev–Trinajstić information content (AvgIpc) is 3.22. The Bertz CT molecular complexity index is 562. The predicted molar refractivity (Wildman–Crippen MR) is 81.8 cm³/mol. The lowest BCUT2D eigenvalue weighted by Crippen LogP contribution is -2.34. The maximum absolute atomic E-state index is 12.4. The van der Waals surface area contributed by atoms with Gasteiger partial charge in [-0.3, -0.25) is 9.59 Å². The molecule has 0 radical (unpaired) electrons. The van der Waals surface area contributed by atoms with E-state index in [0.29, 0.717) is 16.6 Å². The number of halogens is 2. The number of hydrogen-bond donors (Lipinski definition) is 1. The summed E-state index contributed by atoms with van der Waals surface area (Å²) in [6.07, 6.45) is 0.706. The van der Waals surface area contributed by atoms with Crippen molar-refractivity contribution in [1.82, 2.24) is 4.90 Å². The second-order valence-corrected chi connectivity index (χ2v) is 5.94. The summed E-state index contributed by atoms with van der Waals surface area (Å²) < 4.78 is 0. The van der Waals surface area contributed by atoms with Crippen LogP contribution >= 0.6 is 23.2 Å². The van der Waals surface area contributed by atoms with Gasteiger partial charge in [0.05, 0.1) is 16.5 Å². The topological polar surface area (TPSA) is 57.6 Å². The van der Waals surface area contributed by atoms with E-state index in [1.807, 2.05) is 19.1 Å². The van der Waals surface area contributed by atoms with E-state index in [4.69, 9.17) is 28.3 Å². The van der Waals surface area contributed by atoms with Gasteiger partial charge >= 0.3 is 5.97 Å². The van der Waals surface area contributed by atoms with Gasteiger partial charge in [-0.05, 0) is 30.9 Å². The third-order valence-electron chi connectivity index (χ3n) is 3.78. The molecule has 6 heteroatoms. The third-order valence-corrected chi connectivity index (χ3v) is 4.61. The number of carboxylic acid groups (broad SMARTS) is 1. The number of carboxylic acids is 1. The van der Waals surface area contributed by atoms with Crippen LogP contribution in [0.3, 0.4) is 0 Å². The van der Waals surface area contributed by atoms with Crippen molar-refractivity contribution in [2.24, 2.45) is 5.92 Å². The molecular formula is C15H17Cl2NO3. The lowest BCUT2D eigenvalue weighted by molar-refractivity contribution is -0.138. The summed E-state index contributed by atoms with van der Waals surface area (Å²) in [7, 11) is 0. The summed E-state index contributed by atoms with van der Waals surface area (Å²) in [5.74, 6) is -0.927. The molecule has 1 fully saturated rings. The van der Waals surface area contributed by atoms with E-state index >= 15 is 0 Å². The Morgan fingerprint density at radius 2 is 2.10 bits per heavy atom. The zero-order chi connectivity index (χ0) is 15.6. The van der Waals surface area contributed by atoms with Crippen LogP contribution in [0.15, 0.2) is 18.2 Å². The molecule has 0 aliphatic heterocycles. The second kappa shape index (κ2) is 6.67. The molecule has 1 N–H and O–H groups in total. The summed E-state index contributed by atoms with van der Waals surface area (Å²) in [6.45, 7) is 2.61. The molecule has 2 unspecified atom stereocenters. The Hall–Kier alpha value is -1.26.